The molecule has 5 nitrogen and oxygen atoms in total. The van der Waals surface area contributed by atoms with Gasteiger partial charge in [0.15, 0.2) is 0 Å². The van der Waals surface area contributed by atoms with Crippen molar-refractivity contribution in [3.63, 3.8) is 0 Å². The van der Waals surface area contributed by atoms with Gasteiger partial charge in [-0.2, -0.15) is 0 Å². The van der Waals surface area contributed by atoms with Crippen molar-refractivity contribution in [2.45, 2.75) is 6.17 Å². The predicted molar refractivity (Wildman–Crippen MR) is 83.9 cm³/mol. The van der Waals surface area contributed by atoms with Crippen molar-refractivity contribution < 1.29 is 0 Å². The molecule has 1 N–H and O–H groups in total. The first-order valence-corrected chi connectivity index (χ1v) is 6.89. The van der Waals surface area contributed by atoms with E-state index in [4.69, 9.17) is 11.6 Å². The van der Waals surface area contributed by atoms with Crippen molar-refractivity contribution in [1.82, 2.24) is 10.2 Å². The van der Waals surface area contributed by atoms with E-state index in [9.17, 15) is 0 Å². The van der Waals surface area contributed by atoms with E-state index in [2.05, 4.69) is 25.2 Å². The zero-order chi connectivity index (χ0) is 14.1. The van der Waals surface area contributed by atoms with Gasteiger partial charge in [0, 0.05) is 23.7 Å². The Kier molecular flexibility index (Phi) is 3.65. The van der Waals surface area contributed by atoms with Gasteiger partial charge in [0.05, 0.1) is 11.4 Å². The molecule has 0 saturated carbocycles. The van der Waals surface area contributed by atoms with Gasteiger partial charge in [-0.3, -0.25) is 5.32 Å². The number of fused-ring (bicyclic) bond motifs is 3. The topological polar surface area (TPSA) is 52.3 Å². The van der Waals surface area contributed by atoms with Crippen molar-refractivity contribution in [3.8, 4) is 0 Å². The normalized spacial score (nSPS) is 19.7. The second-order valence-electron chi connectivity index (χ2n) is 5.06. The van der Waals surface area contributed by atoms with E-state index in [0.717, 1.165) is 35.8 Å². The molecule has 0 fully saturated rings. The van der Waals surface area contributed by atoms with Crippen LogP contribution in [0.2, 0.25) is 5.02 Å². The highest BCUT2D eigenvalue weighted by Gasteiger charge is 2.30. The monoisotopic (exact) mass is 289 g/mol. The van der Waals surface area contributed by atoms with E-state index >= 15 is 0 Å². The highest BCUT2D eigenvalue weighted by molar-refractivity contribution is 6.55. The molecule has 6 heteroatoms. The standard InChI is InChI=1S/C14H16ClN5/c1-20(2)6-5-16-14-13-12(17-8-18-14)10-7-9(15)3-4-11(10)19-13/h3-4,7-8,14,16H,5-6H2,1-2H3. The van der Waals surface area contributed by atoms with Gasteiger partial charge in [0.2, 0.25) is 0 Å². The van der Waals surface area contributed by atoms with Gasteiger partial charge in [-0.15, -0.1) is 0 Å². The van der Waals surface area contributed by atoms with Crippen LogP contribution in [0.4, 0.5) is 5.69 Å². The zero-order valence-electron chi connectivity index (χ0n) is 11.5. The van der Waals surface area contributed by atoms with Crippen LogP contribution < -0.4 is 5.32 Å². The second kappa shape index (κ2) is 5.44. The van der Waals surface area contributed by atoms with Crippen LogP contribution in [-0.4, -0.2) is 56.0 Å². The van der Waals surface area contributed by atoms with Gasteiger partial charge in [-0.05, 0) is 32.3 Å². The van der Waals surface area contributed by atoms with Gasteiger partial charge in [0.1, 0.15) is 18.2 Å². The summed E-state index contributed by atoms with van der Waals surface area (Å²) in [4.78, 5) is 15.5. The van der Waals surface area contributed by atoms with Crippen LogP contribution in [0.25, 0.3) is 0 Å². The number of hydrogen-bond acceptors (Lipinski definition) is 5. The number of aliphatic imine (C=N–C) groups is 3. The van der Waals surface area contributed by atoms with Crippen LogP contribution in [-0.2, 0) is 0 Å². The summed E-state index contributed by atoms with van der Waals surface area (Å²) >= 11 is 6.05. The van der Waals surface area contributed by atoms with E-state index in [-0.39, 0.29) is 6.17 Å². The molecule has 2 heterocycles. The minimum Gasteiger partial charge on any atom is -0.308 e. The number of benzene rings is 1. The van der Waals surface area contributed by atoms with Gasteiger partial charge in [-0.1, -0.05) is 11.6 Å². The van der Waals surface area contributed by atoms with E-state index < -0.39 is 0 Å². The third-order valence-corrected chi connectivity index (χ3v) is 3.49. The molecule has 0 amide bonds. The summed E-state index contributed by atoms with van der Waals surface area (Å²) < 4.78 is 0. The second-order valence-corrected chi connectivity index (χ2v) is 5.50. The van der Waals surface area contributed by atoms with Gasteiger partial charge in [0.25, 0.3) is 0 Å². The Morgan fingerprint density at radius 1 is 1.35 bits per heavy atom. The summed E-state index contributed by atoms with van der Waals surface area (Å²) in [6.45, 7) is 1.79. The molecule has 0 aliphatic carbocycles. The molecule has 0 saturated heterocycles. The number of nitrogens with zero attached hydrogens (tertiary/aromatic N) is 4. The molecular weight excluding hydrogens is 274 g/mol. The van der Waals surface area contributed by atoms with Crippen molar-refractivity contribution in [3.05, 3.63) is 28.8 Å². The third-order valence-electron chi connectivity index (χ3n) is 3.26. The van der Waals surface area contributed by atoms with Crippen molar-refractivity contribution >= 4 is 35.1 Å². The molecule has 0 aromatic heterocycles. The van der Waals surface area contributed by atoms with Crippen molar-refractivity contribution in [2.24, 2.45) is 15.0 Å². The average molecular weight is 290 g/mol. The first-order chi connectivity index (χ1) is 9.65. The average Bonchev–Trinajstić information content (AvgIpc) is 2.77. The maximum atomic E-state index is 6.05. The van der Waals surface area contributed by atoms with E-state index in [1.54, 1.807) is 6.34 Å². The molecule has 0 bridgehead atoms. The molecule has 2 aliphatic rings. The lowest BCUT2D eigenvalue weighted by Crippen LogP contribution is -2.42. The number of nitrogens with one attached hydrogen (secondary N) is 1. The maximum Gasteiger partial charge on any atom is 0.146 e. The van der Waals surface area contributed by atoms with Crippen LogP contribution in [0.15, 0.2) is 33.2 Å². The Morgan fingerprint density at radius 2 is 2.20 bits per heavy atom. The van der Waals surface area contributed by atoms with Crippen LogP contribution in [0, 0.1) is 0 Å². The van der Waals surface area contributed by atoms with Crippen LogP contribution in [0.5, 0.6) is 0 Å². The van der Waals surface area contributed by atoms with Crippen LogP contribution in [0.1, 0.15) is 5.56 Å². The summed E-state index contributed by atoms with van der Waals surface area (Å²) in [5, 5.41) is 4.09. The lowest BCUT2D eigenvalue weighted by atomic mass is 10.1. The number of rotatable bonds is 4. The Bertz CT molecular complexity index is 618. The first kappa shape index (κ1) is 13.4. The van der Waals surface area contributed by atoms with E-state index in [1.165, 1.54) is 0 Å². The Labute approximate surface area is 123 Å². The molecule has 0 spiro atoms. The summed E-state index contributed by atoms with van der Waals surface area (Å²) in [6.07, 6.45) is 1.46. The summed E-state index contributed by atoms with van der Waals surface area (Å²) in [6, 6.07) is 5.67. The number of halogens is 1. The molecule has 1 atom stereocenters. The fraction of sp³-hybridized carbons (Fsp3) is 0.357. The Hall–Kier alpha value is -1.56. The van der Waals surface area contributed by atoms with E-state index in [1.807, 2.05) is 32.3 Å². The number of likely N-dealkylation sites (N-methyl/N-ethyl adjacent to an activating group) is 1. The molecule has 104 valence electrons. The maximum absolute atomic E-state index is 6.05. The first-order valence-electron chi connectivity index (χ1n) is 6.51. The SMILES string of the molecule is CN(C)CCNC1N=CN=C2C1=Nc1ccc(Cl)cc12. The predicted octanol–water partition coefficient (Wildman–Crippen LogP) is 1.73. The molecule has 0 radical (unpaired) electrons. The minimum absolute atomic E-state index is 0.131. The van der Waals surface area contributed by atoms with Crippen molar-refractivity contribution in [2.75, 3.05) is 27.2 Å². The molecule has 2 aliphatic heterocycles. The van der Waals surface area contributed by atoms with E-state index in [0.29, 0.717) is 5.02 Å². The summed E-state index contributed by atoms with van der Waals surface area (Å²) in [7, 11) is 4.09. The van der Waals surface area contributed by atoms with Gasteiger partial charge in [-0.25, -0.2) is 15.0 Å². The molecule has 3 rings (SSSR count). The summed E-state index contributed by atoms with van der Waals surface area (Å²) in [5.41, 5.74) is 3.65. The fourth-order valence-electron chi connectivity index (χ4n) is 2.25. The lowest BCUT2D eigenvalue weighted by molar-refractivity contribution is 0.397. The molecule has 1 aromatic carbocycles. The summed E-state index contributed by atoms with van der Waals surface area (Å²) in [5.74, 6) is 0. The highest BCUT2D eigenvalue weighted by atomic mass is 35.5. The zero-order valence-corrected chi connectivity index (χ0v) is 12.2. The van der Waals surface area contributed by atoms with Crippen LogP contribution in [0.3, 0.4) is 0 Å². The Balaban J connectivity index is 1.81. The molecule has 1 unspecified atom stereocenters. The molecule has 1 aromatic rings. The highest BCUT2D eigenvalue weighted by Crippen LogP contribution is 2.31. The minimum atomic E-state index is -0.131. The third kappa shape index (κ3) is 2.52. The number of hydrogen-bond donors (Lipinski definition) is 1. The Morgan fingerprint density at radius 3 is 3.00 bits per heavy atom. The molecular formula is C14H16ClN5. The fourth-order valence-corrected chi connectivity index (χ4v) is 2.42. The largest absolute Gasteiger partial charge is 0.308 e. The van der Waals surface area contributed by atoms with Crippen molar-refractivity contribution in [1.29, 1.82) is 0 Å². The van der Waals surface area contributed by atoms with Gasteiger partial charge < -0.3 is 4.90 Å². The van der Waals surface area contributed by atoms with Crippen LogP contribution >= 0.6 is 11.6 Å². The molecule has 20 heavy (non-hydrogen) atoms. The quantitative estimate of drug-likeness (QED) is 0.918. The lowest BCUT2D eigenvalue weighted by Gasteiger charge is -2.19. The van der Waals surface area contributed by atoms with Gasteiger partial charge >= 0.3 is 0 Å². The smallest absolute Gasteiger partial charge is 0.146 e.